The van der Waals surface area contributed by atoms with Crippen LogP contribution in [-0.2, 0) is 9.53 Å². The number of hydrogen-bond acceptors (Lipinski definition) is 8. The molecule has 0 aliphatic heterocycles. The Morgan fingerprint density at radius 2 is 1.89 bits per heavy atom. The van der Waals surface area contributed by atoms with E-state index >= 15 is 0 Å². The number of aromatic nitrogens is 3. The van der Waals surface area contributed by atoms with Gasteiger partial charge in [0.05, 0.1) is 22.7 Å². The molecule has 0 aliphatic carbocycles. The summed E-state index contributed by atoms with van der Waals surface area (Å²) in [5.74, 6) is -1.68. The average Bonchev–Trinajstić information content (AvgIpc) is 3.39. The molecule has 3 N–H and O–H groups in total. The van der Waals surface area contributed by atoms with Crippen LogP contribution in [0.15, 0.2) is 42.5 Å². The van der Waals surface area contributed by atoms with Gasteiger partial charge in [-0.05, 0) is 32.4 Å². The fourth-order valence-corrected chi connectivity index (χ4v) is 4.58. The van der Waals surface area contributed by atoms with E-state index in [4.69, 9.17) is 15.2 Å². The van der Waals surface area contributed by atoms with Crippen molar-refractivity contribution in [3.05, 3.63) is 64.2 Å². The van der Waals surface area contributed by atoms with E-state index in [9.17, 15) is 14.4 Å². The highest BCUT2D eigenvalue weighted by Gasteiger charge is 2.26. The minimum atomic E-state index is -0.697. The minimum Gasteiger partial charge on any atom is -0.466 e. The Hall–Kier alpha value is -4.25. The molecule has 3 heterocycles. The molecule has 4 aromatic rings. The summed E-state index contributed by atoms with van der Waals surface area (Å²) in [5, 5.41) is 7.13. The van der Waals surface area contributed by atoms with Crippen molar-refractivity contribution in [2.24, 2.45) is 5.73 Å². The van der Waals surface area contributed by atoms with Gasteiger partial charge in [0.1, 0.15) is 5.00 Å². The van der Waals surface area contributed by atoms with Gasteiger partial charge in [-0.2, -0.15) is 0 Å². The Balaban J connectivity index is 1.51. The zero-order chi connectivity index (χ0) is 25.1. The number of nitrogens with one attached hydrogen (secondary N) is 1. The van der Waals surface area contributed by atoms with Crippen LogP contribution < -0.4 is 15.8 Å². The third kappa shape index (κ3) is 4.99. The fourth-order valence-electron chi connectivity index (χ4n) is 3.52. The lowest BCUT2D eigenvalue weighted by atomic mass is 10.1. The standard InChI is InChI=1S/C24H23N5O5S/c1-4-33-24(32)20-14(3)21(22(25)31)35-23(20)27-18(30)12-34-19-11-17-26-16(10-13(2)29(17)28-19)15-8-6-5-7-9-15/h5-11H,4,12H2,1-3H3,(H2,25,31)(H,27,30). The molecular weight excluding hydrogens is 470 g/mol. The van der Waals surface area contributed by atoms with E-state index in [-0.39, 0.29) is 34.5 Å². The summed E-state index contributed by atoms with van der Waals surface area (Å²) >= 11 is 0.911. The lowest BCUT2D eigenvalue weighted by molar-refractivity contribution is -0.118. The van der Waals surface area contributed by atoms with Crippen molar-refractivity contribution in [3.63, 3.8) is 0 Å². The maximum absolute atomic E-state index is 12.6. The Labute approximate surface area is 204 Å². The molecule has 180 valence electrons. The maximum Gasteiger partial charge on any atom is 0.341 e. The van der Waals surface area contributed by atoms with Crippen LogP contribution >= 0.6 is 11.3 Å². The van der Waals surface area contributed by atoms with Crippen molar-refractivity contribution in [1.82, 2.24) is 14.6 Å². The van der Waals surface area contributed by atoms with Crippen molar-refractivity contribution < 1.29 is 23.9 Å². The zero-order valence-electron chi connectivity index (χ0n) is 19.3. The molecule has 0 bridgehead atoms. The first kappa shape index (κ1) is 23.9. The minimum absolute atomic E-state index is 0.0972. The third-order valence-corrected chi connectivity index (χ3v) is 6.33. The van der Waals surface area contributed by atoms with Crippen molar-refractivity contribution in [2.75, 3.05) is 18.5 Å². The van der Waals surface area contributed by atoms with Crippen LogP contribution in [0.5, 0.6) is 5.88 Å². The number of esters is 1. The summed E-state index contributed by atoms with van der Waals surface area (Å²) in [6.07, 6.45) is 0. The molecule has 0 spiro atoms. The number of benzene rings is 1. The molecule has 4 rings (SSSR count). The second-order valence-electron chi connectivity index (χ2n) is 7.58. The third-order valence-electron chi connectivity index (χ3n) is 5.11. The van der Waals surface area contributed by atoms with E-state index in [1.165, 1.54) is 0 Å². The number of thiophene rings is 1. The number of rotatable bonds is 8. The number of nitrogens with zero attached hydrogens (tertiary/aromatic N) is 3. The second-order valence-corrected chi connectivity index (χ2v) is 8.60. The molecule has 0 saturated heterocycles. The quantitative estimate of drug-likeness (QED) is 0.359. The van der Waals surface area contributed by atoms with E-state index in [2.05, 4.69) is 15.4 Å². The predicted octanol–water partition coefficient (Wildman–Crippen LogP) is 3.37. The van der Waals surface area contributed by atoms with Crippen LogP contribution in [0.3, 0.4) is 0 Å². The molecule has 2 amide bonds. The van der Waals surface area contributed by atoms with Gasteiger partial charge in [0.25, 0.3) is 11.8 Å². The first-order valence-corrected chi connectivity index (χ1v) is 11.6. The Morgan fingerprint density at radius 3 is 2.57 bits per heavy atom. The van der Waals surface area contributed by atoms with Gasteiger partial charge in [-0.1, -0.05) is 30.3 Å². The number of hydrogen-bond donors (Lipinski definition) is 2. The number of carbonyl (C=O) groups is 3. The SMILES string of the molecule is CCOC(=O)c1c(NC(=O)COc2cc3nc(-c4ccccc4)cc(C)n3n2)sc(C(N)=O)c1C. The summed E-state index contributed by atoms with van der Waals surface area (Å²) in [7, 11) is 0. The summed E-state index contributed by atoms with van der Waals surface area (Å²) in [4.78, 5) is 41.5. The van der Waals surface area contributed by atoms with E-state index in [1.807, 2.05) is 43.3 Å². The predicted molar refractivity (Wildman–Crippen MR) is 131 cm³/mol. The van der Waals surface area contributed by atoms with Crippen LogP contribution in [0.25, 0.3) is 16.9 Å². The number of ether oxygens (including phenoxy) is 2. The van der Waals surface area contributed by atoms with Crippen LogP contribution in [0.4, 0.5) is 5.00 Å². The normalized spacial score (nSPS) is 10.8. The highest BCUT2D eigenvalue weighted by atomic mass is 32.1. The van der Waals surface area contributed by atoms with Gasteiger partial charge < -0.3 is 20.5 Å². The number of primary amides is 1. The number of aryl methyl sites for hydroxylation is 1. The smallest absolute Gasteiger partial charge is 0.341 e. The number of nitrogens with two attached hydrogens (primary N) is 1. The topological polar surface area (TPSA) is 138 Å². The largest absolute Gasteiger partial charge is 0.466 e. The summed E-state index contributed by atoms with van der Waals surface area (Å²) < 4.78 is 12.2. The molecule has 35 heavy (non-hydrogen) atoms. The number of fused-ring (bicyclic) bond motifs is 1. The first-order valence-electron chi connectivity index (χ1n) is 10.7. The molecular formula is C24H23N5O5S. The molecule has 0 unspecified atom stereocenters. The summed E-state index contributed by atoms with van der Waals surface area (Å²) in [6.45, 7) is 4.90. The lowest BCUT2D eigenvalue weighted by Crippen LogP contribution is -2.21. The van der Waals surface area contributed by atoms with Gasteiger partial charge in [-0.3, -0.25) is 9.59 Å². The van der Waals surface area contributed by atoms with Gasteiger partial charge in [0, 0.05) is 17.3 Å². The van der Waals surface area contributed by atoms with Gasteiger partial charge >= 0.3 is 5.97 Å². The van der Waals surface area contributed by atoms with Gasteiger partial charge in [0.2, 0.25) is 5.88 Å². The van der Waals surface area contributed by atoms with E-state index < -0.39 is 17.8 Å². The van der Waals surface area contributed by atoms with E-state index in [0.717, 1.165) is 28.3 Å². The first-order chi connectivity index (χ1) is 16.8. The Bertz CT molecular complexity index is 1430. The summed E-state index contributed by atoms with van der Waals surface area (Å²) in [6, 6.07) is 13.3. The number of anilines is 1. The number of amides is 2. The molecule has 11 heteroatoms. The molecule has 1 aromatic carbocycles. The molecule has 0 saturated carbocycles. The average molecular weight is 494 g/mol. The monoisotopic (exact) mass is 493 g/mol. The van der Waals surface area contributed by atoms with Crippen LogP contribution in [0, 0.1) is 13.8 Å². The molecule has 0 atom stereocenters. The molecule has 0 fully saturated rings. The van der Waals surface area contributed by atoms with Crippen LogP contribution in [0.1, 0.15) is 38.2 Å². The molecule has 0 radical (unpaired) electrons. The highest BCUT2D eigenvalue weighted by molar-refractivity contribution is 7.18. The van der Waals surface area contributed by atoms with Crippen LogP contribution in [0.2, 0.25) is 0 Å². The van der Waals surface area contributed by atoms with Crippen molar-refractivity contribution in [3.8, 4) is 17.1 Å². The van der Waals surface area contributed by atoms with Gasteiger partial charge in [-0.25, -0.2) is 14.3 Å². The van der Waals surface area contributed by atoms with Crippen LogP contribution in [-0.4, -0.2) is 45.6 Å². The van der Waals surface area contributed by atoms with Crippen molar-refractivity contribution >= 4 is 39.8 Å². The highest BCUT2D eigenvalue weighted by Crippen LogP contribution is 2.33. The van der Waals surface area contributed by atoms with Crippen molar-refractivity contribution in [1.29, 1.82) is 0 Å². The number of carbonyl (C=O) groups excluding carboxylic acids is 3. The zero-order valence-corrected chi connectivity index (χ0v) is 20.1. The van der Waals surface area contributed by atoms with E-state index in [0.29, 0.717) is 11.2 Å². The Morgan fingerprint density at radius 1 is 1.14 bits per heavy atom. The van der Waals surface area contributed by atoms with Gasteiger partial charge in [0.15, 0.2) is 12.3 Å². The van der Waals surface area contributed by atoms with Gasteiger partial charge in [-0.15, -0.1) is 16.4 Å². The maximum atomic E-state index is 12.6. The molecule has 3 aromatic heterocycles. The molecule has 0 aliphatic rings. The Kier molecular flexibility index (Phi) is 6.78. The van der Waals surface area contributed by atoms with E-state index in [1.54, 1.807) is 24.4 Å². The summed E-state index contributed by atoms with van der Waals surface area (Å²) in [5.41, 5.74) is 9.04. The molecule has 10 nitrogen and oxygen atoms in total. The van der Waals surface area contributed by atoms with Crippen molar-refractivity contribution in [2.45, 2.75) is 20.8 Å². The second kappa shape index (κ2) is 9.94. The fraction of sp³-hybridized carbons (Fsp3) is 0.208. The lowest BCUT2D eigenvalue weighted by Gasteiger charge is -2.07.